The van der Waals surface area contributed by atoms with Crippen molar-refractivity contribution in [2.24, 2.45) is 5.92 Å². The Bertz CT molecular complexity index is 748. The van der Waals surface area contributed by atoms with Crippen molar-refractivity contribution in [3.05, 3.63) is 12.1 Å². The van der Waals surface area contributed by atoms with Gasteiger partial charge in [0.25, 0.3) is 0 Å². The van der Waals surface area contributed by atoms with Crippen LogP contribution in [0.15, 0.2) is 12.1 Å². The Kier molecular flexibility index (Phi) is 5.78. The first kappa shape index (κ1) is 19.9. The van der Waals surface area contributed by atoms with Gasteiger partial charge in [0, 0.05) is 37.1 Å². The minimum atomic E-state index is -3.15. The number of rotatable bonds is 6. The van der Waals surface area contributed by atoms with Crippen molar-refractivity contribution in [2.75, 3.05) is 6.26 Å². The second-order valence-electron chi connectivity index (χ2n) is 8.57. The predicted octanol–water partition coefficient (Wildman–Crippen LogP) is 3.16. The summed E-state index contributed by atoms with van der Waals surface area (Å²) in [5.41, 5.74) is 0. The summed E-state index contributed by atoms with van der Waals surface area (Å²) < 4.78 is 37.7. The molecule has 2 bridgehead atoms. The van der Waals surface area contributed by atoms with Crippen molar-refractivity contribution in [1.29, 1.82) is 0 Å². The smallest absolute Gasteiger partial charge is 0.233 e. The van der Waals surface area contributed by atoms with Gasteiger partial charge in [0.1, 0.15) is 12.2 Å². The highest BCUT2D eigenvalue weighted by Gasteiger charge is 2.46. The molecule has 0 spiro atoms. The molecule has 1 saturated carbocycles. The van der Waals surface area contributed by atoms with Crippen LogP contribution in [0.25, 0.3) is 0 Å². The minimum Gasteiger partial charge on any atom is -0.473 e. The van der Waals surface area contributed by atoms with E-state index in [1.54, 1.807) is 4.31 Å². The first-order valence-corrected chi connectivity index (χ1v) is 12.4. The normalized spacial score (nSPS) is 33.6. The van der Waals surface area contributed by atoms with Gasteiger partial charge in [-0.25, -0.2) is 8.42 Å². The molecule has 2 saturated heterocycles. The molecular formula is C20H31N3O4S. The van der Waals surface area contributed by atoms with Gasteiger partial charge in [-0.05, 0) is 44.4 Å². The summed E-state index contributed by atoms with van der Waals surface area (Å²) in [6.07, 6.45) is 10.7. The quantitative estimate of drug-likeness (QED) is 0.718. The third kappa shape index (κ3) is 4.43. The predicted molar refractivity (Wildman–Crippen MR) is 106 cm³/mol. The van der Waals surface area contributed by atoms with E-state index >= 15 is 0 Å². The zero-order valence-electron chi connectivity index (χ0n) is 16.8. The summed E-state index contributed by atoms with van der Waals surface area (Å²) in [6, 6.07) is 3.74. The number of aromatic nitrogens is 2. The average molecular weight is 410 g/mol. The highest BCUT2D eigenvalue weighted by Crippen LogP contribution is 2.38. The van der Waals surface area contributed by atoms with Gasteiger partial charge in [-0.3, -0.25) is 0 Å². The van der Waals surface area contributed by atoms with Crippen LogP contribution in [0.5, 0.6) is 11.8 Å². The van der Waals surface area contributed by atoms with Gasteiger partial charge in [0.2, 0.25) is 21.8 Å². The van der Waals surface area contributed by atoms with Crippen LogP contribution in [-0.4, -0.2) is 53.5 Å². The monoisotopic (exact) mass is 409 g/mol. The zero-order chi connectivity index (χ0) is 19.7. The van der Waals surface area contributed by atoms with E-state index in [-0.39, 0.29) is 24.3 Å². The maximum absolute atomic E-state index is 12.0. The molecule has 1 unspecified atom stereocenters. The van der Waals surface area contributed by atoms with Crippen LogP contribution >= 0.6 is 0 Å². The second kappa shape index (κ2) is 8.14. The van der Waals surface area contributed by atoms with Crippen LogP contribution in [0.3, 0.4) is 0 Å². The number of sulfonamides is 1. The maximum Gasteiger partial charge on any atom is 0.233 e. The van der Waals surface area contributed by atoms with E-state index in [9.17, 15) is 8.42 Å². The number of piperidine rings is 1. The summed E-state index contributed by atoms with van der Waals surface area (Å²) >= 11 is 0. The van der Waals surface area contributed by atoms with Crippen LogP contribution in [0.2, 0.25) is 0 Å². The SMILES string of the molecule is CCC1CCC(Oc2ccc(OC3C[C@H]4CC[C@@H](C3)N4S(C)(=O)=O)nn2)CC1. The fourth-order valence-electron chi connectivity index (χ4n) is 5.15. The molecule has 0 amide bonds. The Labute approximate surface area is 167 Å². The van der Waals surface area contributed by atoms with Crippen LogP contribution in [0.1, 0.15) is 64.7 Å². The van der Waals surface area contributed by atoms with Gasteiger partial charge in [0.15, 0.2) is 0 Å². The molecular weight excluding hydrogens is 378 g/mol. The maximum atomic E-state index is 12.0. The van der Waals surface area contributed by atoms with Crippen LogP contribution in [0, 0.1) is 5.92 Å². The van der Waals surface area contributed by atoms with E-state index in [4.69, 9.17) is 9.47 Å². The lowest BCUT2D eigenvalue weighted by molar-refractivity contribution is 0.0898. The average Bonchev–Trinajstić information content (AvgIpc) is 2.96. The number of hydrogen-bond acceptors (Lipinski definition) is 6. The number of ether oxygens (including phenoxy) is 2. The van der Waals surface area contributed by atoms with Crippen LogP contribution in [0.4, 0.5) is 0 Å². The number of fused-ring (bicyclic) bond motifs is 2. The molecule has 1 aliphatic carbocycles. The lowest BCUT2D eigenvalue weighted by atomic mass is 9.86. The molecule has 0 radical (unpaired) electrons. The van der Waals surface area contributed by atoms with Crippen molar-refractivity contribution in [3.63, 3.8) is 0 Å². The van der Waals surface area contributed by atoms with Crippen molar-refractivity contribution >= 4 is 10.0 Å². The van der Waals surface area contributed by atoms with Crippen molar-refractivity contribution in [1.82, 2.24) is 14.5 Å². The van der Waals surface area contributed by atoms with Crippen molar-refractivity contribution < 1.29 is 17.9 Å². The Hall–Kier alpha value is -1.41. The molecule has 1 aromatic heterocycles. The number of nitrogens with zero attached hydrogens (tertiary/aromatic N) is 3. The summed E-state index contributed by atoms with van der Waals surface area (Å²) in [6.45, 7) is 2.26. The summed E-state index contributed by atoms with van der Waals surface area (Å²) in [4.78, 5) is 0. The first-order chi connectivity index (χ1) is 13.4. The molecule has 8 heteroatoms. The molecule has 156 valence electrons. The standard InChI is InChI=1S/C20H31N3O4S/c1-3-14-4-8-17(9-5-14)26-19-10-11-20(22-21-19)27-18-12-15-6-7-16(13-18)23(15)28(2,24)25/h10-11,14-18H,3-9,12-13H2,1-2H3/t14?,15-,16+,17?,18?. The van der Waals surface area contributed by atoms with Gasteiger partial charge < -0.3 is 9.47 Å². The summed E-state index contributed by atoms with van der Waals surface area (Å²) in [5.74, 6) is 1.88. The largest absolute Gasteiger partial charge is 0.473 e. The second-order valence-corrected chi connectivity index (χ2v) is 10.5. The fraction of sp³-hybridized carbons (Fsp3) is 0.800. The summed E-state index contributed by atoms with van der Waals surface area (Å²) in [7, 11) is -3.15. The van der Waals surface area contributed by atoms with E-state index in [0.29, 0.717) is 24.6 Å². The van der Waals surface area contributed by atoms with Crippen molar-refractivity contribution in [3.8, 4) is 11.8 Å². The van der Waals surface area contributed by atoms with Gasteiger partial charge in [-0.2, -0.15) is 4.31 Å². The topological polar surface area (TPSA) is 81.6 Å². The van der Waals surface area contributed by atoms with Crippen LogP contribution in [-0.2, 0) is 10.0 Å². The van der Waals surface area contributed by atoms with Crippen molar-refractivity contribution in [2.45, 2.75) is 89.0 Å². The Morgan fingerprint density at radius 1 is 0.929 bits per heavy atom. The molecule has 4 rings (SSSR count). The van der Waals surface area contributed by atoms with E-state index in [1.807, 2.05) is 12.1 Å². The third-order valence-electron chi connectivity index (χ3n) is 6.57. The lowest BCUT2D eigenvalue weighted by Gasteiger charge is -2.36. The molecule has 3 fully saturated rings. The zero-order valence-corrected chi connectivity index (χ0v) is 17.6. The highest BCUT2D eigenvalue weighted by atomic mass is 32.2. The van der Waals surface area contributed by atoms with E-state index < -0.39 is 10.0 Å². The van der Waals surface area contributed by atoms with E-state index in [0.717, 1.165) is 31.6 Å². The molecule has 3 aliphatic rings. The minimum absolute atomic E-state index is 0.0131. The molecule has 3 heterocycles. The molecule has 0 aromatic carbocycles. The van der Waals surface area contributed by atoms with Gasteiger partial charge >= 0.3 is 0 Å². The summed E-state index contributed by atoms with van der Waals surface area (Å²) in [5, 5.41) is 8.36. The van der Waals surface area contributed by atoms with Gasteiger partial charge in [0.05, 0.1) is 6.26 Å². The Balaban J connectivity index is 1.30. The first-order valence-electron chi connectivity index (χ1n) is 10.6. The van der Waals surface area contributed by atoms with Crippen LogP contribution < -0.4 is 9.47 Å². The van der Waals surface area contributed by atoms with E-state index in [2.05, 4.69) is 17.1 Å². The molecule has 7 nitrogen and oxygen atoms in total. The lowest BCUT2D eigenvalue weighted by Crippen LogP contribution is -2.48. The molecule has 2 aliphatic heterocycles. The highest BCUT2D eigenvalue weighted by molar-refractivity contribution is 7.88. The van der Waals surface area contributed by atoms with E-state index in [1.165, 1.54) is 25.5 Å². The Morgan fingerprint density at radius 3 is 1.93 bits per heavy atom. The van der Waals surface area contributed by atoms with Gasteiger partial charge in [-0.15, -0.1) is 10.2 Å². The Morgan fingerprint density at radius 2 is 1.46 bits per heavy atom. The third-order valence-corrected chi connectivity index (χ3v) is 7.93. The number of hydrogen-bond donors (Lipinski definition) is 0. The molecule has 0 N–H and O–H groups in total. The molecule has 1 aromatic rings. The molecule has 3 atom stereocenters. The fourth-order valence-corrected chi connectivity index (χ4v) is 6.62. The molecule has 28 heavy (non-hydrogen) atoms. The van der Waals surface area contributed by atoms with Gasteiger partial charge in [-0.1, -0.05) is 13.3 Å².